The van der Waals surface area contributed by atoms with Gasteiger partial charge in [-0.3, -0.25) is 24.6 Å². The zero-order valence-corrected chi connectivity index (χ0v) is 19.1. The summed E-state index contributed by atoms with van der Waals surface area (Å²) in [6, 6.07) is 8.41. The van der Waals surface area contributed by atoms with Crippen LogP contribution in [-0.4, -0.2) is 69.1 Å². The average Bonchev–Trinajstić information content (AvgIpc) is 3.45. The fraction of sp³-hybridized carbons (Fsp3) is 0.360. The van der Waals surface area contributed by atoms with Gasteiger partial charge in [0.1, 0.15) is 17.5 Å². The molecule has 0 radical (unpaired) electrons. The molecule has 1 atom stereocenters. The second-order valence-electron chi connectivity index (χ2n) is 9.30. The third-order valence-corrected chi connectivity index (χ3v) is 7.20. The van der Waals surface area contributed by atoms with Crippen molar-refractivity contribution >= 4 is 29.1 Å². The van der Waals surface area contributed by atoms with Gasteiger partial charge in [-0.05, 0) is 36.2 Å². The standard InChI is InChI=1S/C25H25FN6O3/c26-19-13-18-16(14-32(25(18)35)20-4-5-23(33)28-24(20)34)12-21(19)30-10-8-29(9-11-30)15-17-2-1-3-22-27-6-7-31(17)22/h1-3,6-7,12-13,20H,4-5,8-11,14-15H2,(H,28,33,34). The van der Waals surface area contributed by atoms with Crippen LogP contribution in [0, 0.1) is 5.82 Å². The first-order chi connectivity index (χ1) is 17.0. The lowest BCUT2D eigenvalue weighted by Crippen LogP contribution is -2.52. The number of imide groups is 1. The Kier molecular flexibility index (Phi) is 5.25. The molecule has 35 heavy (non-hydrogen) atoms. The van der Waals surface area contributed by atoms with Crippen LogP contribution in [0.5, 0.6) is 0 Å². The van der Waals surface area contributed by atoms with Crippen molar-refractivity contribution in [3.05, 3.63) is 65.4 Å². The van der Waals surface area contributed by atoms with E-state index < -0.39 is 17.8 Å². The van der Waals surface area contributed by atoms with Crippen molar-refractivity contribution in [3.63, 3.8) is 0 Å². The minimum absolute atomic E-state index is 0.190. The Balaban J connectivity index is 1.15. The number of fused-ring (bicyclic) bond motifs is 2. The van der Waals surface area contributed by atoms with E-state index in [1.165, 1.54) is 11.0 Å². The number of pyridine rings is 1. The summed E-state index contributed by atoms with van der Waals surface area (Å²) in [5.74, 6) is -1.59. The SMILES string of the molecule is O=C1CCC(N2Cc3cc(N4CCN(Cc5cccc6nccn56)CC4)c(F)cc3C2=O)C(=O)N1. The van der Waals surface area contributed by atoms with Crippen molar-refractivity contribution in [2.45, 2.75) is 32.0 Å². The van der Waals surface area contributed by atoms with Crippen molar-refractivity contribution in [2.75, 3.05) is 31.1 Å². The molecule has 1 aromatic carbocycles. The van der Waals surface area contributed by atoms with Crippen molar-refractivity contribution in [1.82, 2.24) is 24.5 Å². The number of benzene rings is 1. The number of piperazine rings is 1. The van der Waals surface area contributed by atoms with Gasteiger partial charge in [-0.25, -0.2) is 9.37 Å². The maximum absolute atomic E-state index is 15.1. The van der Waals surface area contributed by atoms with Gasteiger partial charge in [-0.2, -0.15) is 0 Å². The van der Waals surface area contributed by atoms with Crippen molar-refractivity contribution in [2.24, 2.45) is 0 Å². The van der Waals surface area contributed by atoms with E-state index >= 15 is 4.39 Å². The molecule has 1 unspecified atom stereocenters. The molecule has 3 aliphatic rings. The molecule has 0 aliphatic carbocycles. The van der Waals surface area contributed by atoms with Gasteiger partial charge < -0.3 is 14.2 Å². The molecule has 2 aromatic heterocycles. The second kappa shape index (κ2) is 8.46. The molecule has 180 valence electrons. The van der Waals surface area contributed by atoms with E-state index in [-0.39, 0.29) is 31.2 Å². The lowest BCUT2D eigenvalue weighted by atomic mass is 10.0. The van der Waals surface area contributed by atoms with E-state index in [1.54, 1.807) is 12.3 Å². The summed E-state index contributed by atoms with van der Waals surface area (Å²) in [4.78, 5) is 46.8. The summed E-state index contributed by atoms with van der Waals surface area (Å²) in [5.41, 5.74) is 3.57. The first-order valence-corrected chi connectivity index (χ1v) is 11.8. The van der Waals surface area contributed by atoms with E-state index in [4.69, 9.17) is 0 Å². The summed E-state index contributed by atoms with van der Waals surface area (Å²) in [6.07, 6.45) is 4.23. The highest BCUT2D eigenvalue weighted by molar-refractivity contribution is 6.05. The summed E-state index contributed by atoms with van der Waals surface area (Å²) < 4.78 is 17.2. The van der Waals surface area contributed by atoms with Gasteiger partial charge in [-0.15, -0.1) is 0 Å². The van der Waals surface area contributed by atoms with Crippen LogP contribution < -0.4 is 10.2 Å². The van der Waals surface area contributed by atoms with Gasteiger partial charge in [0.05, 0.1) is 5.69 Å². The molecule has 2 fully saturated rings. The first-order valence-electron chi connectivity index (χ1n) is 11.8. The number of anilines is 1. The number of piperidine rings is 1. The Bertz CT molecular complexity index is 1350. The van der Waals surface area contributed by atoms with Crippen LogP contribution in [0.25, 0.3) is 5.65 Å². The minimum Gasteiger partial charge on any atom is -0.367 e. The van der Waals surface area contributed by atoms with E-state index in [1.807, 2.05) is 23.2 Å². The summed E-state index contributed by atoms with van der Waals surface area (Å²) in [5, 5.41) is 2.29. The molecule has 10 heteroatoms. The third-order valence-electron chi connectivity index (χ3n) is 7.20. The number of halogens is 1. The lowest BCUT2D eigenvalue weighted by molar-refractivity contribution is -0.136. The molecule has 0 spiro atoms. The van der Waals surface area contributed by atoms with E-state index in [0.29, 0.717) is 29.9 Å². The zero-order chi connectivity index (χ0) is 24.1. The molecule has 3 amide bonds. The second-order valence-corrected chi connectivity index (χ2v) is 9.30. The van der Waals surface area contributed by atoms with E-state index in [0.717, 1.165) is 31.0 Å². The Hall–Kier alpha value is -3.79. The number of carbonyl (C=O) groups is 3. The average molecular weight is 477 g/mol. The number of rotatable bonds is 4. The van der Waals surface area contributed by atoms with Gasteiger partial charge >= 0.3 is 0 Å². The zero-order valence-electron chi connectivity index (χ0n) is 19.1. The van der Waals surface area contributed by atoms with Crippen LogP contribution in [0.15, 0.2) is 42.7 Å². The van der Waals surface area contributed by atoms with E-state index in [2.05, 4.69) is 25.7 Å². The Morgan fingerprint density at radius 2 is 1.91 bits per heavy atom. The number of carbonyl (C=O) groups excluding carboxylic acids is 3. The van der Waals surface area contributed by atoms with Gasteiger partial charge in [0.2, 0.25) is 11.8 Å². The number of nitrogens with one attached hydrogen (secondary N) is 1. The van der Waals surface area contributed by atoms with Crippen LogP contribution in [0.4, 0.5) is 10.1 Å². The summed E-state index contributed by atoms with van der Waals surface area (Å²) in [6.45, 7) is 3.92. The van der Waals surface area contributed by atoms with Crippen molar-refractivity contribution < 1.29 is 18.8 Å². The van der Waals surface area contributed by atoms with Crippen molar-refractivity contribution in [1.29, 1.82) is 0 Å². The molecule has 2 saturated heterocycles. The smallest absolute Gasteiger partial charge is 0.255 e. The Morgan fingerprint density at radius 3 is 2.71 bits per heavy atom. The number of hydrogen-bond donors (Lipinski definition) is 1. The van der Waals surface area contributed by atoms with Crippen LogP contribution in [0.1, 0.15) is 34.5 Å². The fourth-order valence-corrected chi connectivity index (χ4v) is 5.33. The van der Waals surface area contributed by atoms with Gasteiger partial charge in [0.15, 0.2) is 0 Å². The van der Waals surface area contributed by atoms with Crippen LogP contribution in [0.2, 0.25) is 0 Å². The third kappa shape index (κ3) is 3.83. The van der Waals surface area contributed by atoms with Crippen LogP contribution in [-0.2, 0) is 22.7 Å². The topological polar surface area (TPSA) is 90.3 Å². The Labute approximate surface area is 201 Å². The molecule has 0 saturated carbocycles. The molecule has 9 nitrogen and oxygen atoms in total. The highest BCUT2D eigenvalue weighted by Crippen LogP contribution is 2.33. The predicted octanol–water partition coefficient (Wildman–Crippen LogP) is 1.56. The highest BCUT2D eigenvalue weighted by Gasteiger charge is 2.40. The normalized spacial score (nSPS) is 21.1. The number of aromatic nitrogens is 2. The summed E-state index contributed by atoms with van der Waals surface area (Å²) >= 11 is 0. The van der Waals surface area contributed by atoms with Gasteiger partial charge in [0, 0.05) is 69.3 Å². The highest BCUT2D eigenvalue weighted by atomic mass is 19.1. The molecule has 3 aromatic rings. The molecular formula is C25H25FN6O3. The van der Waals surface area contributed by atoms with Gasteiger partial charge in [-0.1, -0.05) is 6.07 Å². The summed E-state index contributed by atoms with van der Waals surface area (Å²) in [7, 11) is 0. The lowest BCUT2D eigenvalue weighted by Gasteiger charge is -2.36. The van der Waals surface area contributed by atoms with E-state index in [9.17, 15) is 14.4 Å². The monoisotopic (exact) mass is 476 g/mol. The number of nitrogens with zero attached hydrogens (tertiary/aromatic N) is 5. The number of hydrogen-bond acceptors (Lipinski definition) is 6. The molecule has 0 bridgehead atoms. The predicted molar refractivity (Wildman–Crippen MR) is 125 cm³/mol. The molecule has 6 rings (SSSR count). The number of imidazole rings is 1. The quantitative estimate of drug-likeness (QED) is 0.575. The minimum atomic E-state index is -0.706. The molecule has 3 aliphatic heterocycles. The molecule has 5 heterocycles. The molecular weight excluding hydrogens is 451 g/mol. The Morgan fingerprint density at radius 1 is 1.09 bits per heavy atom. The maximum Gasteiger partial charge on any atom is 0.255 e. The van der Waals surface area contributed by atoms with Crippen LogP contribution >= 0.6 is 0 Å². The fourth-order valence-electron chi connectivity index (χ4n) is 5.33. The number of amides is 3. The van der Waals surface area contributed by atoms with Gasteiger partial charge in [0.25, 0.3) is 5.91 Å². The van der Waals surface area contributed by atoms with Crippen LogP contribution in [0.3, 0.4) is 0 Å². The molecule has 1 N–H and O–H groups in total. The maximum atomic E-state index is 15.1. The largest absolute Gasteiger partial charge is 0.367 e. The van der Waals surface area contributed by atoms with Crippen molar-refractivity contribution in [3.8, 4) is 0 Å². The first kappa shape index (κ1) is 21.7.